The minimum atomic E-state index is -4.02. The average molecular weight is 472 g/mol. The summed E-state index contributed by atoms with van der Waals surface area (Å²) in [5.74, 6) is 0.447. The number of nitrogens with zero attached hydrogens (tertiary/aromatic N) is 1. The molecule has 1 amide bonds. The third-order valence-corrected chi connectivity index (χ3v) is 7.52. The standard InChI is InChI=1S/C17H21N3O2.C7H8O3S/c18-16(21)15-11-22-17(19-15,13-4-2-1-3-5-13)14-10-20-8-6-12(14)7-9-20;1-6-2-4-7(5-3-6)11(8,9)10/h1-5,11-12,14,19H,6-10H2,(H2,18,21);2-5H,1H3,(H,8,9,10). The van der Waals surface area contributed by atoms with Gasteiger partial charge in [0, 0.05) is 18.0 Å². The molecule has 4 heterocycles. The summed E-state index contributed by atoms with van der Waals surface area (Å²) in [6.45, 7) is 5.17. The van der Waals surface area contributed by atoms with E-state index in [1.165, 1.54) is 44.3 Å². The highest BCUT2D eigenvalue weighted by molar-refractivity contribution is 7.85. The Kier molecular flexibility index (Phi) is 6.47. The quantitative estimate of drug-likeness (QED) is 0.585. The molecule has 9 heteroatoms. The molecule has 0 aromatic heterocycles. The maximum absolute atomic E-state index is 11.6. The van der Waals surface area contributed by atoms with Crippen molar-refractivity contribution in [2.45, 2.75) is 30.4 Å². The van der Waals surface area contributed by atoms with E-state index in [9.17, 15) is 13.2 Å². The molecule has 4 N–H and O–H groups in total. The van der Waals surface area contributed by atoms with E-state index in [4.69, 9.17) is 15.0 Å². The summed E-state index contributed by atoms with van der Waals surface area (Å²) in [7, 11) is -4.02. The van der Waals surface area contributed by atoms with Gasteiger partial charge in [-0.3, -0.25) is 9.35 Å². The van der Waals surface area contributed by atoms with Crippen LogP contribution in [0.2, 0.25) is 0 Å². The molecule has 2 aromatic carbocycles. The fraction of sp³-hybridized carbons (Fsp3) is 0.375. The van der Waals surface area contributed by atoms with Crippen LogP contribution in [0, 0.1) is 18.8 Å². The normalized spacial score (nSPS) is 28.1. The summed E-state index contributed by atoms with van der Waals surface area (Å²) in [5.41, 5.74) is 7.15. The van der Waals surface area contributed by atoms with E-state index in [0.29, 0.717) is 17.5 Å². The van der Waals surface area contributed by atoms with Crippen LogP contribution in [0.15, 0.2) is 71.5 Å². The number of nitrogens with one attached hydrogen (secondary N) is 1. The van der Waals surface area contributed by atoms with E-state index in [-0.39, 0.29) is 4.90 Å². The molecule has 2 bridgehead atoms. The van der Waals surface area contributed by atoms with Crippen molar-refractivity contribution in [3.8, 4) is 0 Å². The zero-order chi connectivity index (χ0) is 23.6. The van der Waals surface area contributed by atoms with Crippen LogP contribution >= 0.6 is 0 Å². The second kappa shape index (κ2) is 9.17. The number of primary amides is 1. The largest absolute Gasteiger partial charge is 0.469 e. The average Bonchev–Trinajstić information content (AvgIpc) is 3.28. The van der Waals surface area contributed by atoms with Crippen LogP contribution in [0.1, 0.15) is 24.0 Å². The summed E-state index contributed by atoms with van der Waals surface area (Å²) in [6, 6.07) is 16.1. The van der Waals surface area contributed by atoms with E-state index in [1.54, 1.807) is 12.1 Å². The molecule has 3 fully saturated rings. The number of benzene rings is 2. The molecular formula is C24H29N3O5S. The first-order valence-corrected chi connectivity index (χ1v) is 12.4. The monoisotopic (exact) mass is 471 g/mol. The van der Waals surface area contributed by atoms with Crippen LogP contribution < -0.4 is 11.1 Å². The molecular weight excluding hydrogens is 442 g/mol. The van der Waals surface area contributed by atoms with Gasteiger partial charge in [0.2, 0.25) is 5.72 Å². The lowest BCUT2D eigenvalue weighted by atomic mass is 9.71. The Labute approximate surface area is 194 Å². The second-order valence-corrected chi connectivity index (χ2v) is 10.2. The summed E-state index contributed by atoms with van der Waals surface area (Å²) in [4.78, 5) is 14.0. The van der Waals surface area contributed by atoms with E-state index in [2.05, 4.69) is 22.3 Å². The molecule has 3 saturated heterocycles. The number of rotatable bonds is 4. The number of amides is 1. The molecule has 0 aliphatic carbocycles. The summed E-state index contributed by atoms with van der Waals surface area (Å²) in [5, 5.41) is 3.31. The zero-order valence-corrected chi connectivity index (χ0v) is 19.3. The third kappa shape index (κ3) is 4.90. The van der Waals surface area contributed by atoms with Gasteiger partial charge in [-0.25, -0.2) is 0 Å². The van der Waals surface area contributed by atoms with Crippen LogP contribution in [-0.4, -0.2) is 43.4 Å². The highest BCUT2D eigenvalue weighted by Crippen LogP contribution is 2.46. The fourth-order valence-corrected chi connectivity index (χ4v) is 5.37. The van der Waals surface area contributed by atoms with E-state index < -0.39 is 21.8 Å². The number of hydrogen-bond donors (Lipinski definition) is 3. The minimum absolute atomic E-state index is 0.0666. The first kappa shape index (κ1) is 23.3. The Balaban J connectivity index is 0.000000200. The summed E-state index contributed by atoms with van der Waals surface area (Å²) < 4.78 is 35.6. The van der Waals surface area contributed by atoms with Gasteiger partial charge in [0.15, 0.2) is 0 Å². The SMILES string of the molecule is Cc1ccc(S(=O)(=O)O)cc1.NC(=O)C1=COC(c2ccccc2)(C2CN3CCC2CC3)N1. The predicted molar refractivity (Wildman–Crippen MR) is 123 cm³/mol. The van der Waals surface area contributed by atoms with Crippen molar-refractivity contribution in [3.63, 3.8) is 0 Å². The number of carbonyl (C=O) groups excluding carboxylic acids is 1. The lowest BCUT2D eigenvalue weighted by Crippen LogP contribution is -2.59. The molecule has 0 radical (unpaired) electrons. The van der Waals surface area contributed by atoms with Gasteiger partial charge in [0.05, 0.1) is 4.90 Å². The molecule has 2 aromatic rings. The van der Waals surface area contributed by atoms with Crippen LogP contribution in [-0.2, 0) is 25.4 Å². The van der Waals surface area contributed by atoms with Gasteiger partial charge in [0.1, 0.15) is 12.0 Å². The Morgan fingerprint density at radius 2 is 1.76 bits per heavy atom. The van der Waals surface area contributed by atoms with Gasteiger partial charge in [-0.2, -0.15) is 8.42 Å². The van der Waals surface area contributed by atoms with E-state index in [0.717, 1.165) is 17.7 Å². The molecule has 6 rings (SSSR count). The van der Waals surface area contributed by atoms with Crippen molar-refractivity contribution < 1.29 is 22.5 Å². The van der Waals surface area contributed by atoms with Crippen molar-refractivity contribution in [1.82, 2.24) is 10.2 Å². The number of ether oxygens (including phenoxy) is 1. The third-order valence-electron chi connectivity index (χ3n) is 6.65. The predicted octanol–water partition coefficient (Wildman–Crippen LogP) is 2.37. The first-order valence-electron chi connectivity index (χ1n) is 11.0. The highest BCUT2D eigenvalue weighted by Gasteiger charge is 2.52. The maximum atomic E-state index is 11.6. The zero-order valence-electron chi connectivity index (χ0n) is 18.5. The number of aryl methyl sites for hydroxylation is 1. The highest BCUT2D eigenvalue weighted by atomic mass is 32.2. The van der Waals surface area contributed by atoms with E-state index in [1.807, 2.05) is 25.1 Å². The minimum Gasteiger partial charge on any atom is -0.469 e. The van der Waals surface area contributed by atoms with Gasteiger partial charge in [-0.1, -0.05) is 48.0 Å². The first-order chi connectivity index (χ1) is 15.7. The summed E-state index contributed by atoms with van der Waals surface area (Å²) >= 11 is 0. The fourth-order valence-electron chi connectivity index (χ4n) is 4.89. The van der Waals surface area contributed by atoms with Crippen LogP contribution in [0.4, 0.5) is 0 Å². The summed E-state index contributed by atoms with van der Waals surface area (Å²) in [6.07, 6.45) is 3.87. The van der Waals surface area contributed by atoms with Gasteiger partial charge in [-0.05, 0) is 50.9 Å². The van der Waals surface area contributed by atoms with E-state index >= 15 is 0 Å². The lowest BCUT2D eigenvalue weighted by Gasteiger charge is -2.51. The van der Waals surface area contributed by atoms with Crippen molar-refractivity contribution in [3.05, 3.63) is 77.7 Å². The molecule has 0 spiro atoms. The van der Waals surface area contributed by atoms with Crippen molar-refractivity contribution in [2.24, 2.45) is 17.6 Å². The topological polar surface area (TPSA) is 122 Å². The van der Waals surface area contributed by atoms with Gasteiger partial charge in [-0.15, -0.1) is 0 Å². The maximum Gasteiger partial charge on any atom is 0.294 e. The Morgan fingerprint density at radius 3 is 2.24 bits per heavy atom. The number of piperidine rings is 3. The van der Waals surface area contributed by atoms with Crippen molar-refractivity contribution >= 4 is 16.0 Å². The Hall–Kier alpha value is -2.88. The number of nitrogens with two attached hydrogens (primary N) is 1. The molecule has 8 nitrogen and oxygen atoms in total. The Morgan fingerprint density at radius 1 is 1.12 bits per heavy atom. The van der Waals surface area contributed by atoms with Crippen LogP contribution in [0.25, 0.3) is 0 Å². The molecule has 4 aliphatic rings. The van der Waals surface area contributed by atoms with Crippen molar-refractivity contribution in [1.29, 1.82) is 0 Å². The molecule has 33 heavy (non-hydrogen) atoms. The van der Waals surface area contributed by atoms with Crippen molar-refractivity contribution in [2.75, 3.05) is 19.6 Å². The number of hydrogen-bond acceptors (Lipinski definition) is 6. The number of carbonyl (C=O) groups is 1. The Bertz CT molecular complexity index is 1130. The van der Waals surface area contributed by atoms with Gasteiger partial charge < -0.3 is 20.7 Å². The van der Waals surface area contributed by atoms with Crippen LogP contribution in [0.5, 0.6) is 0 Å². The molecule has 176 valence electrons. The molecule has 0 saturated carbocycles. The lowest BCUT2D eigenvalue weighted by molar-refractivity contribution is -0.118. The molecule has 2 atom stereocenters. The molecule has 4 aliphatic heterocycles. The van der Waals surface area contributed by atoms with Crippen LogP contribution in [0.3, 0.4) is 0 Å². The molecule has 2 unspecified atom stereocenters. The number of fused-ring (bicyclic) bond motifs is 3. The smallest absolute Gasteiger partial charge is 0.294 e. The van der Waals surface area contributed by atoms with Gasteiger partial charge >= 0.3 is 0 Å². The second-order valence-electron chi connectivity index (χ2n) is 8.77. The van der Waals surface area contributed by atoms with Gasteiger partial charge in [0.25, 0.3) is 16.0 Å².